The van der Waals surface area contributed by atoms with Gasteiger partial charge in [0.2, 0.25) is 5.91 Å². The van der Waals surface area contributed by atoms with Crippen molar-refractivity contribution in [1.29, 1.82) is 0 Å². The number of fused-ring (bicyclic) bond motifs is 3. The molecule has 1 aliphatic heterocycles. The van der Waals surface area contributed by atoms with E-state index in [1.165, 1.54) is 0 Å². The van der Waals surface area contributed by atoms with Gasteiger partial charge in [-0.05, 0) is 74.6 Å². The SMILES string of the molecule is CC1CCN(C23CCC(CS(=O)(=O)c4ccc(Br)cc4)(CC2)CC3)C1=O. The zero-order valence-corrected chi connectivity index (χ0v) is 17.6. The largest absolute Gasteiger partial charge is 0.337 e. The van der Waals surface area contributed by atoms with Gasteiger partial charge < -0.3 is 4.90 Å². The van der Waals surface area contributed by atoms with E-state index in [0.717, 1.165) is 56.0 Å². The van der Waals surface area contributed by atoms with Crippen LogP contribution < -0.4 is 0 Å². The van der Waals surface area contributed by atoms with Crippen LogP contribution in [0.3, 0.4) is 0 Å². The Morgan fingerprint density at radius 2 is 1.65 bits per heavy atom. The van der Waals surface area contributed by atoms with Crippen LogP contribution in [0.4, 0.5) is 0 Å². The Balaban J connectivity index is 1.50. The molecule has 4 nitrogen and oxygen atoms in total. The van der Waals surface area contributed by atoms with Crippen LogP contribution in [0.5, 0.6) is 0 Å². The number of benzene rings is 1. The monoisotopic (exact) mass is 439 g/mol. The molecule has 142 valence electrons. The van der Waals surface area contributed by atoms with Crippen molar-refractivity contribution in [2.24, 2.45) is 11.3 Å². The lowest BCUT2D eigenvalue weighted by Gasteiger charge is -2.56. The van der Waals surface area contributed by atoms with Crippen LogP contribution in [0, 0.1) is 11.3 Å². The molecule has 26 heavy (non-hydrogen) atoms. The number of rotatable bonds is 4. The highest BCUT2D eigenvalue weighted by molar-refractivity contribution is 9.10. The highest BCUT2D eigenvalue weighted by Gasteiger charge is 2.54. The van der Waals surface area contributed by atoms with E-state index < -0.39 is 9.84 Å². The Labute approximate surface area is 164 Å². The molecule has 1 atom stereocenters. The Morgan fingerprint density at radius 1 is 1.08 bits per heavy atom. The Bertz CT molecular complexity index is 793. The molecule has 1 unspecified atom stereocenters. The van der Waals surface area contributed by atoms with E-state index >= 15 is 0 Å². The number of amides is 1. The minimum absolute atomic E-state index is 0.00493. The molecule has 2 bridgehead atoms. The molecule has 5 rings (SSSR count). The normalized spacial score (nSPS) is 34.5. The molecule has 1 aromatic carbocycles. The standard InChI is InChI=1S/C20H26BrNO3S/c1-15-6-13-22(18(15)23)20-10-7-19(8-11-20,9-12-20)14-26(24,25)17-4-2-16(21)3-5-17/h2-5,15H,6-14H2,1H3. The first kappa shape index (κ1) is 18.5. The van der Waals surface area contributed by atoms with E-state index in [9.17, 15) is 13.2 Å². The van der Waals surface area contributed by atoms with Crippen LogP contribution >= 0.6 is 15.9 Å². The van der Waals surface area contributed by atoms with Gasteiger partial charge in [-0.1, -0.05) is 22.9 Å². The molecule has 1 aromatic rings. The molecule has 3 aliphatic carbocycles. The molecular formula is C20H26BrNO3S. The summed E-state index contributed by atoms with van der Waals surface area (Å²) in [6, 6.07) is 6.96. The lowest BCUT2D eigenvalue weighted by Crippen LogP contribution is -2.58. The summed E-state index contributed by atoms with van der Waals surface area (Å²) in [5.74, 6) is 0.694. The number of nitrogens with zero attached hydrogens (tertiary/aromatic N) is 1. The zero-order chi connectivity index (χ0) is 18.6. The quantitative estimate of drug-likeness (QED) is 0.706. The van der Waals surface area contributed by atoms with Crippen molar-refractivity contribution >= 4 is 31.7 Å². The highest BCUT2D eigenvalue weighted by Crippen LogP contribution is 2.56. The summed E-state index contributed by atoms with van der Waals surface area (Å²) in [7, 11) is -3.28. The molecule has 1 saturated heterocycles. The van der Waals surface area contributed by atoms with Crippen LogP contribution in [-0.4, -0.2) is 37.1 Å². The van der Waals surface area contributed by atoms with E-state index in [1.54, 1.807) is 24.3 Å². The molecule has 0 radical (unpaired) electrons. The second-order valence-corrected chi connectivity index (χ2v) is 11.5. The number of sulfone groups is 1. The van der Waals surface area contributed by atoms with Crippen molar-refractivity contribution in [3.63, 3.8) is 0 Å². The molecule has 4 aliphatic rings. The number of carbonyl (C=O) groups is 1. The van der Waals surface area contributed by atoms with Crippen LogP contribution in [0.15, 0.2) is 33.6 Å². The molecular weight excluding hydrogens is 414 g/mol. The van der Waals surface area contributed by atoms with E-state index in [2.05, 4.69) is 20.8 Å². The van der Waals surface area contributed by atoms with Gasteiger partial charge in [0, 0.05) is 22.5 Å². The summed E-state index contributed by atoms with van der Waals surface area (Å²) in [4.78, 5) is 15.1. The third-order valence-corrected chi connectivity index (χ3v) is 9.59. The fourth-order valence-corrected chi connectivity index (χ4v) is 7.51. The zero-order valence-electron chi connectivity index (χ0n) is 15.2. The maximum atomic E-state index is 12.9. The summed E-state index contributed by atoms with van der Waals surface area (Å²) < 4.78 is 26.8. The summed E-state index contributed by atoms with van der Waals surface area (Å²) in [6.07, 6.45) is 6.59. The van der Waals surface area contributed by atoms with E-state index in [1.807, 2.05) is 6.92 Å². The first-order chi connectivity index (χ1) is 12.3. The van der Waals surface area contributed by atoms with E-state index in [0.29, 0.717) is 10.8 Å². The van der Waals surface area contributed by atoms with Crippen molar-refractivity contribution in [2.45, 2.75) is 62.3 Å². The van der Waals surface area contributed by atoms with Gasteiger partial charge in [0.25, 0.3) is 0 Å². The third-order valence-electron chi connectivity index (χ3n) is 7.08. The number of hydrogen-bond acceptors (Lipinski definition) is 3. The van der Waals surface area contributed by atoms with Gasteiger partial charge in [0.05, 0.1) is 10.6 Å². The maximum absolute atomic E-state index is 12.9. The summed E-state index contributed by atoms with van der Waals surface area (Å²) in [5, 5.41) is 0. The molecule has 1 amide bonds. The van der Waals surface area contributed by atoms with Gasteiger partial charge in [-0.2, -0.15) is 0 Å². The lowest BCUT2D eigenvalue weighted by atomic mass is 9.57. The number of likely N-dealkylation sites (tertiary alicyclic amines) is 1. The van der Waals surface area contributed by atoms with Gasteiger partial charge in [0.1, 0.15) is 0 Å². The average molecular weight is 440 g/mol. The van der Waals surface area contributed by atoms with Crippen LogP contribution in [-0.2, 0) is 14.6 Å². The maximum Gasteiger partial charge on any atom is 0.225 e. The van der Waals surface area contributed by atoms with Crippen molar-refractivity contribution in [3.8, 4) is 0 Å². The molecule has 0 aromatic heterocycles. The van der Waals surface area contributed by atoms with Crippen molar-refractivity contribution in [3.05, 3.63) is 28.7 Å². The Hall–Kier alpha value is -0.880. The van der Waals surface area contributed by atoms with Gasteiger partial charge in [-0.15, -0.1) is 0 Å². The number of carbonyl (C=O) groups excluding carboxylic acids is 1. The Kier molecular flexibility index (Phi) is 4.50. The molecule has 1 heterocycles. The van der Waals surface area contributed by atoms with Gasteiger partial charge in [-0.3, -0.25) is 4.79 Å². The van der Waals surface area contributed by atoms with E-state index in [-0.39, 0.29) is 22.6 Å². The molecule has 6 heteroatoms. The minimum Gasteiger partial charge on any atom is -0.337 e. The van der Waals surface area contributed by atoms with Crippen LogP contribution in [0.2, 0.25) is 0 Å². The second-order valence-electron chi connectivity index (χ2n) is 8.62. The fourth-order valence-electron chi connectivity index (χ4n) is 5.29. The van der Waals surface area contributed by atoms with Crippen molar-refractivity contribution in [2.75, 3.05) is 12.3 Å². The summed E-state index contributed by atoms with van der Waals surface area (Å²) in [5.41, 5.74) is -0.104. The first-order valence-electron chi connectivity index (χ1n) is 9.55. The predicted octanol–water partition coefficient (Wildman–Crippen LogP) is 4.18. The third kappa shape index (κ3) is 3.03. The first-order valence-corrected chi connectivity index (χ1v) is 12.0. The predicted molar refractivity (Wildman–Crippen MR) is 105 cm³/mol. The molecule has 4 fully saturated rings. The summed E-state index contributed by atoms with van der Waals surface area (Å²) >= 11 is 3.36. The average Bonchev–Trinajstić information content (AvgIpc) is 2.96. The fraction of sp³-hybridized carbons (Fsp3) is 0.650. The molecule has 3 saturated carbocycles. The minimum atomic E-state index is -3.28. The highest BCUT2D eigenvalue weighted by atomic mass is 79.9. The summed E-state index contributed by atoms with van der Waals surface area (Å²) in [6.45, 7) is 2.91. The Morgan fingerprint density at radius 3 is 2.15 bits per heavy atom. The van der Waals surface area contributed by atoms with Crippen molar-refractivity contribution in [1.82, 2.24) is 4.90 Å². The van der Waals surface area contributed by atoms with Crippen LogP contribution in [0.25, 0.3) is 0 Å². The number of halogens is 1. The van der Waals surface area contributed by atoms with Gasteiger partial charge in [-0.25, -0.2) is 8.42 Å². The molecule has 0 spiro atoms. The second kappa shape index (κ2) is 6.33. The lowest BCUT2D eigenvalue weighted by molar-refractivity contribution is -0.142. The van der Waals surface area contributed by atoms with Gasteiger partial charge >= 0.3 is 0 Å². The smallest absolute Gasteiger partial charge is 0.225 e. The van der Waals surface area contributed by atoms with Crippen LogP contribution in [0.1, 0.15) is 51.9 Å². The van der Waals surface area contributed by atoms with Crippen molar-refractivity contribution < 1.29 is 13.2 Å². The molecule has 0 N–H and O–H groups in total. The topological polar surface area (TPSA) is 54.5 Å². The van der Waals surface area contributed by atoms with E-state index in [4.69, 9.17) is 0 Å². The number of hydrogen-bond donors (Lipinski definition) is 0. The van der Waals surface area contributed by atoms with Gasteiger partial charge in [0.15, 0.2) is 9.84 Å².